The van der Waals surface area contributed by atoms with E-state index in [1.165, 1.54) is 4.90 Å². The van der Waals surface area contributed by atoms with Crippen molar-refractivity contribution in [3.63, 3.8) is 0 Å². The molecule has 2 rings (SSSR count). The summed E-state index contributed by atoms with van der Waals surface area (Å²) in [6.07, 6.45) is -0.184. The topological polar surface area (TPSA) is 84.7 Å². The fourth-order valence-corrected chi connectivity index (χ4v) is 1.91. The highest BCUT2D eigenvalue weighted by Gasteiger charge is 2.22. The highest BCUT2D eigenvalue weighted by atomic mass is 35.5. The maximum atomic E-state index is 11.7. The predicted molar refractivity (Wildman–Crippen MR) is 72.0 cm³/mol. The van der Waals surface area contributed by atoms with Crippen LogP contribution in [0.1, 0.15) is 6.42 Å². The van der Waals surface area contributed by atoms with Crippen molar-refractivity contribution in [3.05, 3.63) is 23.2 Å². The molecule has 19 heavy (non-hydrogen) atoms. The van der Waals surface area contributed by atoms with Crippen LogP contribution in [0.15, 0.2) is 18.2 Å². The van der Waals surface area contributed by atoms with Crippen molar-refractivity contribution in [1.82, 2.24) is 4.90 Å². The fraction of sp³-hybridized carbons (Fsp3) is 0.333. The fourth-order valence-electron chi connectivity index (χ4n) is 1.73. The van der Waals surface area contributed by atoms with E-state index in [1.54, 1.807) is 18.2 Å². The van der Waals surface area contributed by atoms with Gasteiger partial charge in [0.2, 0.25) is 5.91 Å². The number of ether oxygens (including phenoxy) is 1. The highest BCUT2D eigenvalue weighted by Crippen LogP contribution is 2.22. The molecule has 0 spiro atoms. The summed E-state index contributed by atoms with van der Waals surface area (Å²) in [5.41, 5.74) is 6.64. The molecule has 0 saturated carbocycles. The molecule has 0 atom stereocenters. The van der Waals surface area contributed by atoms with E-state index in [0.717, 1.165) is 0 Å². The number of benzene rings is 1. The Kier molecular flexibility index (Phi) is 4.11. The van der Waals surface area contributed by atoms with Crippen LogP contribution in [-0.4, -0.2) is 36.6 Å². The molecule has 6 nitrogen and oxygen atoms in total. The number of carbonyl (C=O) groups is 2. The van der Waals surface area contributed by atoms with Gasteiger partial charge in [-0.25, -0.2) is 4.79 Å². The molecule has 0 unspecified atom stereocenters. The van der Waals surface area contributed by atoms with Crippen LogP contribution in [0, 0.1) is 0 Å². The van der Waals surface area contributed by atoms with Gasteiger partial charge in [0.15, 0.2) is 0 Å². The second-order valence-electron chi connectivity index (χ2n) is 4.13. The van der Waals surface area contributed by atoms with Gasteiger partial charge in [0.25, 0.3) is 0 Å². The quantitative estimate of drug-likeness (QED) is 0.824. The molecule has 1 aliphatic heterocycles. The Bertz CT molecular complexity index is 507. The van der Waals surface area contributed by atoms with Gasteiger partial charge >= 0.3 is 6.09 Å². The highest BCUT2D eigenvalue weighted by molar-refractivity contribution is 6.31. The van der Waals surface area contributed by atoms with Crippen molar-refractivity contribution in [1.29, 1.82) is 0 Å². The van der Waals surface area contributed by atoms with Crippen molar-refractivity contribution < 1.29 is 14.3 Å². The minimum Gasteiger partial charge on any atom is -0.448 e. The number of amides is 2. The van der Waals surface area contributed by atoms with Gasteiger partial charge < -0.3 is 20.7 Å². The molecule has 1 heterocycles. The van der Waals surface area contributed by atoms with Crippen molar-refractivity contribution in [3.8, 4) is 0 Å². The second-order valence-corrected chi connectivity index (χ2v) is 4.57. The van der Waals surface area contributed by atoms with E-state index < -0.39 is 0 Å². The number of nitrogens with zero attached hydrogens (tertiary/aromatic N) is 1. The van der Waals surface area contributed by atoms with Crippen LogP contribution < -0.4 is 11.1 Å². The standard InChI is InChI=1S/C12H14ClN3O3/c13-8-1-2-10(9(14)7-8)15-11(17)3-4-16-5-6-19-12(16)18/h1-2,7H,3-6,14H2,(H,15,17). The normalized spacial score (nSPS) is 14.4. The van der Waals surface area contributed by atoms with Gasteiger partial charge in [-0.15, -0.1) is 0 Å². The molecule has 1 fully saturated rings. The van der Waals surface area contributed by atoms with Gasteiger partial charge in [-0.1, -0.05) is 11.6 Å². The van der Waals surface area contributed by atoms with Crippen molar-refractivity contribution in [2.24, 2.45) is 0 Å². The molecule has 0 bridgehead atoms. The lowest BCUT2D eigenvalue weighted by atomic mass is 10.2. The molecule has 1 aromatic carbocycles. The number of hydrogen-bond acceptors (Lipinski definition) is 4. The Morgan fingerprint density at radius 2 is 2.32 bits per heavy atom. The summed E-state index contributed by atoms with van der Waals surface area (Å²) in [6, 6.07) is 4.85. The maximum absolute atomic E-state index is 11.7. The number of rotatable bonds is 4. The van der Waals surface area contributed by atoms with E-state index >= 15 is 0 Å². The van der Waals surface area contributed by atoms with Crippen molar-refractivity contribution >= 4 is 35.0 Å². The molecule has 1 saturated heterocycles. The molecule has 1 aromatic rings. The zero-order chi connectivity index (χ0) is 13.8. The third-order valence-corrected chi connectivity index (χ3v) is 2.98. The first-order valence-corrected chi connectivity index (χ1v) is 6.20. The van der Waals surface area contributed by atoms with Gasteiger partial charge in [0, 0.05) is 18.0 Å². The van der Waals surface area contributed by atoms with Gasteiger partial charge in [-0.05, 0) is 18.2 Å². The number of hydrogen-bond donors (Lipinski definition) is 2. The SMILES string of the molecule is Nc1cc(Cl)ccc1NC(=O)CCN1CCOC1=O. The third-order valence-electron chi connectivity index (χ3n) is 2.74. The molecule has 0 aromatic heterocycles. The molecular formula is C12H14ClN3O3. The number of nitrogens with one attached hydrogen (secondary N) is 1. The van der Waals surface area contributed by atoms with E-state index in [-0.39, 0.29) is 18.4 Å². The van der Waals surface area contributed by atoms with Crippen LogP contribution in [-0.2, 0) is 9.53 Å². The van der Waals surface area contributed by atoms with Crippen LogP contribution in [0.5, 0.6) is 0 Å². The van der Waals surface area contributed by atoms with Gasteiger partial charge in [0.05, 0.1) is 17.9 Å². The van der Waals surface area contributed by atoms with E-state index in [4.69, 9.17) is 22.1 Å². The predicted octanol–water partition coefficient (Wildman–Crippen LogP) is 1.70. The second kappa shape index (κ2) is 5.79. The van der Waals surface area contributed by atoms with Crippen LogP contribution >= 0.6 is 11.6 Å². The molecule has 3 N–H and O–H groups in total. The Morgan fingerprint density at radius 1 is 1.53 bits per heavy atom. The van der Waals surface area contributed by atoms with E-state index in [1.807, 2.05) is 0 Å². The van der Waals surface area contributed by atoms with E-state index in [0.29, 0.717) is 36.1 Å². The summed E-state index contributed by atoms with van der Waals surface area (Å²) in [5.74, 6) is -0.214. The zero-order valence-electron chi connectivity index (χ0n) is 10.2. The van der Waals surface area contributed by atoms with Crippen LogP contribution in [0.25, 0.3) is 0 Å². The number of carbonyl (C=O) groups excluding carboxylic acids is 2. The lowest BCUT2D eigenvalue weighted by Crippen LogP contribution is -2.28. The maximum Gasteiger partial charge on any atom is 0.409 e. The van der Waals surface area contributed by atoms with Crippen molar-refractivity contribution in [2.45, 2.75) is 6.42 Å². The zero-order valence-corrected chi connectivity index (χ0v) is 10.9. The van der Waals surface area contributed by atoms with E-state index in [9.17, 15) is 9.59 Å². The smallest absolute Gasteiger partial charge is 0.409 e. The summed E-state index contributed by atoms with van der Waals surface area (Å²) in [6.45, 7) is 1.23. The number of cyclic esters (lactones) is 1. The summed E-state index contributed by atoms with van der Waals surface area (Å²) in [5, 5.41) is 3.18. The average molecular weight is 284 g/mol. The minimum atomic E-state index is -0.376. The molecular weight excluding hydrogens is 270 g/mol. The lowest BCUT2D eigenvalue weighted by molar-refractivity contribution is -0.116. The molecule has 2 amide bonds. The third kappa shape index (κ3) is 3.51. The first-order valence-electron chi connectivity index (χ1n) is 5.83. The van der Waals surface area contributed by atoms with Crippen molar-refractivity contribution in [2.75, 3.05) is 30.7 Å². The Morgan fingerprint density at radius 3 is 2.95 bits per heavy atom. The van der Waals surface area contributed by atoms with Gasteiger partial charge in [-0.2, -0.15) is 0 Å². The number of anilines is 2. The van der Waals surface area contributed by atoms with Gasteiger partial charge in [0.1, 0.15) is 6.61 Å². The summed E-state index contributed by atoms with van der Waals surface area (Å²) in [4.78, 5) is 24.4. The molecule has 1 aliphatic rings. The molecule has 0 aliphatic carbocycles. The molecule has 102 valence electrons. The number of nitrogens with two attached hydrogens (primary N) is 1. The Balaban J connectivity index is 1.85. The number of halogens is 1. The summed E-state index contributed by atoms with van der Waals surface area (Å²) >= 11 is 5.77. The van der Waals surface area contributed by atoms with Crippen LogP contribution in [0.4, 0.5) is 16.2 Å². The monoisotopic (exact) mass is 283 g/mol. The van der Waals surface area contributed by atoms with Crippen LogP contribution in [0.3, 0.4) is 0 Å². The lowest BCUT2D eigenvalue weighted by Gasteiger charge is -2.13. The summed E-state index contributed by atoms with van der Waals surface area (Å²) in [7, 11) is 0. The Labute approximate surface area is 115 Å². The first kappa shape index (κ1) is 13.5. The molecule has 0 radical (unpaired) electrons. The average Bonchev–Trinajstić information content (AvgIpc) is 2.76. The summed E-state index contributed by atoms with van der Waals surface area (Å²) < 4.78 is 4.77. The largest absolute Gasteiger partial charge is 0.448 e. The number of nitrogen functional groups attached to an aromatic ring is 1. The molecule has 7 heteroatoms. The van der Waals surface area contributed by atoms with E-state index in [2.05, 4.69) is 5.32 Å². The first-order chi connectivity index (χ1) is 9.06. The minimum absolute atomic E-state index is 0.192. The van der Waals surface area contributed by atoms with Gasteiger partial charge in [-0.3, -0.25) is 4.79 Å². The van der Waals surface area contributed by atoms with Crippen LogP contribution in [0.2, 0.25) is 5.02 Å². The Hall–Kier alpha value is -1.95.